The Morgan fingerprint density at radius 2 is 2.12 bits per heavy atom. The molecule has 3 aromatic rings. The number of nitrogens with zero attached hydrogens (tertiary/aromatic N) is 4. The van der Waals surface area contributed by atoms with Crippen LogP contribution in [0.5, 0.6) is 5.75 Å². The van der Waals surface area contributed by atoms with Gasteiger partial charge in [-0.1, -0.05) is 23.7 Å². The molecule has 9 nitrogen and oxygen atoms in total. The van der Waals surface area contributed by atoms with Crippen molar-refractivity contribution in [2.45, 2.75) is 6.17 Å². The van der Waals surface area contributed by atoms with Crippen molar-refractivity contribution >= 4 is 40.2 Å². The molecule has 10 heteroatoms. The van der Waals surface area contributed by atoms with Crippen molar-refractivity contribution in [1.29, 1.82) is 0 Å². The maximum absolute atomic E-state index is 11.2. The Labute approximate surface area is 145 Å². The molecule has 1 atom stereocenters. The molecule has 0 unspecified atom stereocenters. The molecule has 0 spiro atoms. The van der Waals surface area contributed by atoms with Crippen LogP contribution < -0.4 is 11.1 Å². The van der Waals surface area contributed by atoms with Crippen LogP contribution in [0, 0.1) is 10.1 Å². The van der Waals surface area contributed by atoms with Crippen LogP contribution >= 0.6 is 11.6 Å². The van der Waals surface area contributed by atoms with E-state index in [-0.39, 0.29) is 16.5 Å². The van der Waals surface area contributed by atoms with E-state index in [2.05, 4.69) is 15.3 Å². The van der Waals surface area contributed by atoms with E-state index in [1.165, 1.54) is 6.07 Å². The van der Waals surface area contributed by atoms with E-state index in [0.29, 0.717) is 11.5 Å². The predicted octanol–water partition coefficient (Wildman–Crippen LogP) is 2.59. The monoisotopic (exact) mass is 358 g/mol. The summed E-state index contributed by atoms with van der Waals surface area (Å²) in [5.74, 6) is -0.0165. The van der Waals surface area contributed by atoms with Crippen LogP contribution in [0.1, 0.15) is 11.7 Å². The Hall–Kier alpha value is -3.33. The summed E-state index contributed by atoms with van der Waals surface area (Å²) in [6, 6.07) is 9.82. The fourth-order valence-electron chi connectivity index (χ4n) is 2.87. The minimum atomic E-state index is -0.846. The van der Waals surface area contributed by atoms with Crippen molar-refractivity contribution in [3.63, 3.8) is 0 Å². The Morgan fingerprint density at radius 3 is 2.88 bits per heavy atom. The van der Waals surface area contributed by atoms with E-state index in [4.69, 9.17) is 17.3 Å². The molecule has 0 bridgehead atoms. The largest absolute Gasteiger partial charge is 0.502 e. The molecule has 0 aliphatic carbocycles. The van der Waals surface area contributed by atoms with Crippen LogP contribution in [0.3, 0.4) is 0 Å². The molecule has 2 heterocycles. The van der Waals surface area contributed by atoms with E-state index in [9.17, 15) is 15.2 Å². The summed E-state index contributed by atoms with van der Waals surface area (Å²) >= 11 is 6.01. The zero-order valence-corrected chi connectivity index (χ0v) is 13.3. The van der Waals surface area contributed by atoms with E-state index < -0.39 is 22.5 Å². The van der Waals surface area contributed by atoms with Gasteiger partial charge in [-0.25, -0.2) is 9.98 Å². The first-order valence-electron chi connectivity index (χ1n) is 7.20. The van der Waals surface area contributed by atoms with Crippen LogP contribution in [-0.4, -0.2) is 25.5 Å². The summed E-state index contributed by atoms with van der Waals surface area (Å²) in [6.07, 6.45) is -0.846. The van der Waals surface area contributed by atoms with Gasteiger partial charge in [-0.05, 0) is 18.2 Å². The maximum atomic E-state index is 11.2. The van der Waals surface area contributed by atoms with Gasteiger partial charge < -0.3 is 10.8 Å². The third-order valence-corrected chi connectivity index (χ3v) is 4.12. The van der Waals surface area contributed by atoms with Gasteiger partial charge in [0.1, 0.15) is 0 Å². The van der Waals surface area contributed by atoms with Gasteiger partial charge in [-0.15, -0.1) is 0 Å². The van der Waals surface area contributed by atoms with Crippen molar-refractivity contribution in [3.8, 4) is 5.75 Å². The quantitative estimate of drug-likeness (QED) is 0.476. The number of imidazole rings is 1. The zero-order valence-electron chi connectivity index (χ0n) is 12.5. The maximum Gasteiger partial charge on any atom is 0.312 e. The Morgan fingerprint density at radius 1 is 1.36 bits per heavy atom. The third kappa shape index (κ3) is 2.32. The van der Waals surface area contributed by atoms with Gasteiger partial charge in [0.05, 0.1) is 16.0 Å². The first-order valence-corrected chi connectivity index (χ1v) is 7.57. The number of hydrogen-bond acceptors (Lipinski definition) is 7. The lowest BCUT2D eigenvalue weighted by molar-refractivity contribution is -0.385. The number of anilines is 1. The van der Waals surface area contributed by atoms with Crippen LogP contribution in [0.25, 0.3) is 11.0 Å². The lowest BCUT2D eigenvalue weighted by Gasteiger charge is -2.24. The van der Waals surface area contributed by atoms with Gasteiger partial charge in [-0.2, -0.15) is 0 Å². The second kappa shape index (κ2) is 5.35. The van der Waals surface area contributed by atoms with Gasteiger partial charge in [0.2, 0.25) is 11.7 Å². The van der Waals surface area contributed by atoms with Gasteiger partial charge in [-0.3, -0.25) is 20.0 Å². The third-order valence-electron chi connectivity index (χ3n) is 3.90. The molecule has 0 saturated heterocycles. The summed E-state index contributed by atoms with van der Waals surface area (Å²) in [5.41, 5.74) is 6.90. The van der Waals surface area contributed by atoms with E-state index in [0.717, 1.165) is 11.6 Å². The van der Waals surface area contributed by atoms with E-state index in [1.807, 2.05) is 24.3 Å². The Bertz CT molecular complexity index is 1060. The first-order chi connectivity index (χ1) is 12.0. The molecule has 0 radical (unpaired) electrons. The highest BCUT2D eigenvalue weighted by atomic mass is 35.5. The molecule has 2 aromatic carbocycles. The van der Waals surface area contributed by atoms with E-state index >= 15 is 0 Å². The number of phenols is 1. The molecule has 1 aliphatic heterocycles. The molecule has 0 amide bonds. The standard InChI is InChI=1S/C15H11ClN6O3/c16-7-5-8(12(23)11(6-7)22(24)25)13-19-14(17)20-15-18-9-3-1-2-4-10(9)21(13)15/h1-6,13,23H,(H3,17,18,19,20)/t13-/m1/s1. The molecular formula is C15H11ClN6O3. The van der Waals surface area contributed by atoms with Gasteiger partial charge in [0.15, 0.2) is 12.1 Å². The van der Waals surface area contributed by atoms with Gasteiger partial charge in [0.25, 0.3) is 0 Å². The molecule has 4 rings (SSSR count). The number of halogens is 1. The minimum Gasteiger partial charge on any atom is -0.502 e. The molecular weight excluding hydrogens is 348 g/mol. The Balaban J connectivity index is 2.01. The average Bonchev–Trinajstić information content (AvgIpc) is 2.93. The summed E-state index contributed by atoms with van der Waals surface area (Å²) < 4.78 is 1.70. The molecule has 4 N–H and O–H groups in total. The molecule has 1 aliphatic rings. The number of aromatic nitrogens is 2. The Kier molecular flexibility index (Phi) is 3.25. The summed E-state index contributed by atoms with van der Waals surface area (Å²) in [5, 5.41) is 24.5. The van der Waals surface area contributed by atoms with Crippen LogP contribution in [-0.2, 0) is 0 Å². The highest BCUT2D eigenvalue weighted by molar-refractivity contribution is 6.31. The molecule has 25 heavy (non-hydrogen) atoms. The van der Waals surface area contributed by atoms with E-state index in [1.54, 1.807) is 4.57 Å². The second-order valence-electron chi connectivity index (χ2n) is 5.43. The number of hydrogen-bond donors (Lipinski definition) is 3. The number of fused-ring (bicyclic) bond motifs is 3. The topological polar surface area (TPSA) is 132 Å². The lowest BCUT2D eigenvalue weighted by Crippen LogP contribution is -2.31. The number of aliphatic imine (C=N–C) groups is 1. The minimum absolute atomic E-state index is 0.0786. The number of rotatable bonds is 2. The highest BCUT2D eigenvalue weighted by Crippen LogP contribution is 2.41. The van der Waals surface area contributed by atoms with Crippen LogP contribution in [0.15, 0.2) is 41.4 Å². The lowest BCUT2D eigenvalue weighted by atomic mass is 10.1. The number of benzene rings is 2. The summed E-state index contributed by atoms with van der Waals surface area (Å²) in [6.45, 7) is 0. The average molecular weight is 359 g/mol. The number of aromatic hydroxyl groups is 1. The zero-order chi connectivity index (χ0) is 17.7. The van der Waals surface area contributed by atoms with Crippen molar-refractivity contribution in [2.24, 2.45) is 10.7 Å². The number of nitrogens with two attached hydrogens (primary N) is 1. The van der Waals surface area contributed by atoms with Crippen molar-refractivity contribution in [3.05, 3.63) is 57.1 Å². The molecule has 0 fully saturated rings. The van der Waals surface area contributed by atoms with Gasteiger partial charge in [0, 0.05) is 16.7 Å². The number of nitrogens with one attached hydrogen (secondary N) is 1. The molecule has 0 saturated carbocycles. The van der Waals surface area contributed by atoms with Crippen LogP contribution in [0.4, 0.5) is 11.6 Å². The fourth-order valence-corrected chi connectivity index (χ4v) is 3.09. The predicted molar refractivity (Wildman–Crippen MR) is 92.9 cm³/mol. The van der Waals surface area contributed by atoms with Crippen molar-refractivity contribution in [2.75, 3.05) is 5.32 Å². The highest BCUT2D eigenvalue weighted by Gasteiger charge is 2.30. The van der Waals surface area contributed by atoms with Crippen LogP contribution in [0.2, 0.25) is 5.02 Å². The summed E-state index contributed by atoms with van der Waals surface area (Å²) in [7, 11) is 0. The number of phenolic OH excluding ortho intramolecular Hbond substituents is 1. The smallest absolute Gasteiger partial charge is 0.312 e. The summed E-state index contributed by atoms with van der Waals surface area (Å²) in [4.78, 5) is 19.2. The second-order valence-corrected chi connectivity index (χ2v) is 5.86. The number of nitro groups is 1. The normalized spacial score (nSPS) is 16.2. The van der Waals surface area contributed by atoms with Crippen molar-refractivity contribution in [1.82, 2.24) is 9.55 Å². The van der Waals surface area contributed by atoms with Crippen molar-refractivity contribution < 1.29 is 10.0 Å². The first kappa shape index (κ1) is 15.2. The number of para-hydroxylation sites is 2. The number of nitro benzene ring substituents is 1. The molecule has 1 aromatic heterocycles. The fraction of sp³-hybridized carbons (Fsp3) is 0.0667. The molecule has 126 valence electrons. The number of guanidine groups is 1. The SMILES string of the molecule is NC1=N[C@@H](c2cc(Cl)cc([N+](=O)[O-])c2O)n2c(nc3ccccc32)N1. The van der Waals surface area contributed by atoms with Gasteiger partial charge >= 0.3 is 5.69 Å².